The first-order valence-corrected chi connectivity index (χ1v) is 7.29. The lowest BCUT2D eigenvalue weighted by molar-refractivity contribution is 0.101. The number of aliphatic imine (C=N–C) groups is 1. The maximum absolute atomic E-state index is 12.1. The molecule has 0 fully saturated rings. The summed E-state index contributed by atoms with van der Waals surface area (Å²) in [7, 11) is 1.00. The van der Waals surface area contributed by atoms with Gasteiger partial charge in [-0.3, -0.25) is 4.79 Å². The van der Waals surface area contributed by atoms with E-state index in [4.69, 9.17) is 4.74 Å². The predicted octanol–water partition coefficient (Wildman–Crippen LogP) is 3.37. The zero-order valence-corrected chi connectivity index (χ0v) is 11.6. The average molecular weight is 284 g/mol. The number of para-hydroxylation sites is 1. The summed E-state index contributed by atoms with van der Waals surface area (Å²) < 4.78 is 9.31. The van der Waals surface area contributed by atoms with Gasteiger partial charge < -0.3 is 4.74 Å². The van der Waals surface area contributed by atoms with Crippen LogP contribution in [-0.4, -0.2) is 18.6 Å². The third-order valence-corrected chi connectivity index (χ3v) is 4.36. The predicted molar refractivity (Wildman–Crippen MR) is 80.0 cm³/mol. The van der Waals surface area contributed by atoms with Crippen LogP contribution in [0.5, 0.6) is 5.75 Å². The lowest BCUT2D eigenvalue weighted by Crippen LogP contribution is -1.98. The minimum Gasteiger partial charge on any atom is -0.497 e. The van der Waals surface area contributed by atoms with Crippen molar-refractivity contribution in [1.29, 1.82) is 0 Å². The number of carbonyl (C=O) groups is 1. The highest BCUT2D eigenvalue weighted by atomic mass is 32.2. The Morgan fingerprint density at radius 2 is 1.90 bits per heavy atom. The van der Waals surface area contributed by atoms with Crippen molar-refractivity contribution >= 4 is 27.8 Å². The lowest BCUT2D eigenvalue weighted by atomic mass is 10.2. The molecule has 1 aliphatic rings. The van der Waals surface area contributed by atoms with E-state index in [-0.39, 0.29) is 5.91 Å². The Morgan fingerprint density at radius 3 is 2.65 bits per heavy atom. The third kappa shape index (κ3) is 2.40. The van der Waals surface area contributed by atoms with E-state index in [2.05, 4.69) is 9.36 Å². The fourth-order valence-corrected chi connectivity index (χ4v) is 3.16. The quantitative estimate of drug-likeness (QED) is 0.849. The van der Waals surface area contributed by atoms with Gasteiger partial charge >= 0.3 is 0 Å². The van der Waals surface area contributed by atoms with Crippen LogP contribution in [0.15, 0.2) is 62.8 Å². The number of fused-ring (bicyclic) bond motifs is 1. The normalized spacial score (nSPS) is 16.1. The van der Waals surface area contributed by atoms with Crippen molar-refractivity contribution in [3.63, 3.8) is 0 Å². The highest BCUT2D eigenvalue weighted by molar-refractivity contribution is 8.01. The number of benzene rings is 2. The number of rotatable bonds is 2. The van der Waals surface area contributed by atoms with Crippen LogP contribution in [0.25, 0.3) is 0 Å². The Morgan fingerprint density at radius 1 is 1.15 bits per heavy atom. The molecule has 5 heteroatoms. The number of amides is 1. The van der Waals surface area contributed by atoms with Crippen LogP contribution in [0, 0.1) is 0 Å². The number of nitrogens with zero attached hydrogens (tertiary/aromatic N) is 2. The summed E-state index contributed by atoms with van der Waals surface area (Å²) in [6.07, 6.45) is 0. The molecule has 0 bridgehead atoms. The second-order valence-corrected chi connectivity index (χ2v) is 5.60. The lowest BCUT2D eigenvalue weighted by Gasteiger charge is -2.01. The smallest absolute Gasteiger partial charge is 0.283 e. The molecule has 20 heavy (non-hydrogen) atoms. The van der Waals surface area contributed by atoms with Crippen molar-refractivity contribution in [2.24, 2.45) is 9.36 Å². The van der Waals surface area contributed by atoms with Gasteiger partial charge in [-0.05, 0) is 47.1 Å². The van der Waals surface area contributed by atoms with Gasteiger partial charge in [0.1, 0.15) is 5.75 Å². The van der Waals surface area contributed by atoms with E-state index < -0.39 is 10.7 Å². The summed E-state index contributed by atoms with van der Waals surface area (Å²) >= 11 is 0. The van der Waals surface area contributed by atoms with Crippen molar-refractivity contribution in [2.45, 2.75) is 4.90 Å². The largest absolute Gasteiger partial charge is 0.497 e. The number of hydrogen-bond acceptors (Lipinski definition) is 3. The molecular weight excluding hydrogens is 272 g/mol. The van der Waals surface area contributed by atoms with Crippen molar-refractivity contribution in [1.82, 2.24) is 0 Å². The van der Waals surface area contributed by atoms with Crippen molar-refractivity contribution < 1.29 is 9.53 Å². The molecule has 0 saturated carbocycles. The van der Waals surface area contributed by atoms with E-state index in [1.807, 2.05) is 24.3 Å². The Balaban J connectivity index is 1.89. The maximum Gasteiger partial charge on any atom is 0.283 e. The molecule has 2 aromatic carbocycles. The van der Waals surface area contributed by atoms with E-state index in [9.17, 15) is 4.79 Å². The van der Waals surface area contributed by atoms with Crippen LogP contribution >= 0.6 is 0 Å². The monoisotopic (exact) mass is 284 g/mol. The topological polar surface area (TPSA) is 51.0 Å². The average Bonchev–Trinajstić information content (AvgIpc) is 2.91. The first-order valence-electron chi connectivity index (χ1n) is 6.04. The molecule has 0 spiro atoms. The molecule has 3 rings (SSSR count). The number of hydrogen-bond donors (Lipinski definition) is 0. The van der Waals surface area contributed by atoms with Gasteiger partial charge in [0.05, 0.1) is 23.2 Å². The van der Waals surface area contributed by atoms with Crippen LogP contribution in [0.4, 0.5) is 5.69 Å². The summed E-state index contributed by atoms with van der Waals surface area (Å²) in [5.74, 6) is 0.482. The molecule has 1 aliphatic heterocycles. The number of carbonyl (C=O) groups excluding carboxylic acids is 1. The van der Waals surface area contributed by atoms with Crippen molar-refractivity contribution in [2.75, 3.05) is 7.11 Å². The van der Waals surface area contributed by atoms with Crippen LogP contribution in [-0.2, 0) is 10.7 Å². The second kappa shape index (κ2) is 5.38. The molecule has 0 saturated heterocycles. The molecule has 1 amide bonds. The zero-order valence-electron chi connectivity index (χ0n) is 10.8. The summed E-state index contributed by atoms with van der Waals surface area (Å²) in [6.45, 7) is 0. The highest BCUT2D eigenvalue weighted by Gasteiger charge is 2.13. The third-order valence-electron chi connectivity index (χ3n) is 2.90. The van der Waals surface area contributed by atoms with Gasteiger partial charge in [-0.2, -0.15) is 4.36 Å². The molecule has 0 aromatic heterocycles. The molecule has 100 valence electrons. The van der Waals surface area contributed by atoms with Gasteiger partial charge in [0, 0.05) is 5.56 Å². The molecule has 1 unspecified atom stereocenters. The van der Waals surface area contributed by atoms with Gasteiger partial charge in [-0.1, -0.05) is 12.1 Å². The molecule has 0 radical (unpaired) electrons. The van der Waals surface area contributed by atoms with E-state index >= 15 is 0 Å². The Labute approximate surface area is 119 Å². The van der Waals surface area contributed by atoms with Gasteiger partial charge in [0.15, 0.2) is 0 Å². The van der Waals surface area contributed by atoms with Gasteiger partial charge in [0.2, 0.25) is 0 Å². The summed E-state index contributed by atoms with van der Waals surface area (Å²) in [6, 6.07) is 14.7. The first-order chi connectivity index (χ1) is 9.78. The molecule has 4 nitrogen and oxygen atoms in total. The van der Waals surface area contributed by atoms with Crippen molar-refractivity contribution in [3.8, 4) is 5.75 Å². The Kier molecular flexibility index (Phi) is 3.43. The van der Waals surface area contributed by atoms with Gasteiger partial charge in [0.25, 0.3) is 5.91 Å². The molecule has 2 aromatic rings. The Bertz CT molecular complexity index is 721. The fourth-order valence-electron chi connectivity index (χ4n) is 1.85. The summed E-state index contributed by atoms with van der Waals surface area (Å²) in [5.41, 5.74) is 3.17. The second-order valence-electron chi connectivity index (χ2n) is 4.14. The van der Waals surface area contributed by atoms with Crippen LogP contribution in [0.3, 0.4) is 0 Å². The maximum atomic E-state index is 12.1. The fraction of sp³-hybridized carbons (Fsp3) is 0.0667. The number of ether oxygens (including phenoxy) is 1. The van der Waals surface area contributed by atoms with Crippen molar-refractivity contribution in [3.05, 3.63) is 54.1 Å². The molecule has 1 atom stereocenters. The zero-order chi connectivity index (χ0) is 13.9. The Hall–Kier alpha value is -2.27. The summed E-state index contributed by atoms with van der Waals surface area (Å²) in [4.78, 5) is 17.4. The van der Waals surface area contributed by atoms with E-state index in [1.54, 1.807) is 36.9 Å². The standard InChI is InChI=1S/C15H12N2O2S/c1-19-12-8-6-11(7-9-12)15(18)17-20-10-16-13-4-2-3-5-14(13)20/h2-10H,1H3. The minimum absolute atomic E-state index is 0.237. The van der Waals surface area contributed by atoms with Crippen LogP contribution < -0.4 is 4.74 Å². The van der Waals surface area contributed by atoms with E-state index in [1.165, 1.54) is 0 Å². The first kappa shape index (κ1) is 12.7. The van der Waals surface area contributed by atoms with Crippen LogP contribution in [0.1, 0.15) is 10.4 Å². The van der Waals surface area contributed by atoms with Gasteiger partial charge in [-0.15, -0.1) is 0 Å². The molecular formula is C15H12N2O2S. The SMILES string of the molecule is COc1ccc(C(=O)N=S2C=Nc3ccccc32)cc1. The highest BCUT2D eigenvalue weighted by Crippen LogP contribution is 2.28. The summed E-state index contributed by atoms with van der Waals surface area (Å²) in [5, 5.41) is 0. The minimum atomic E-state index is -0.587. The van der Waals surface area contributed by atoms with Gasteiger partial charge in [-0.25, -0.2) is 4.99 Å². The number of methoxy groups -OCH3 is 1. The molecule has 0 aliphatic carbocycles. The molecule has 1 heterocycles. The molecule has 0 N–H and O–H groups in total. The van der Waals surface area contributed by atoms with E-state index in [0.29, 0.717) is 5.56 Å². The van der Waals surface area contributed by atoms with Crippen LogP contribution in [0.2, 0.25) is 0 Å². The van der Waals surface area contributed by atoms with E-state index in [0.717, 1.165) is 16.3 Å².